The van der Waals surface area contributed by atoms with Gasteiger partial charge in [0, 0.05) is 25.6 Å². The quantitative estimate of drug-likeness (QED) is 0.812. The first-order chi connectivity index (χ1) is 13.0. The Labute approximate surface area is 159 Å². The molecular weight excluding hydrogens is 342 g/mol. The molecule has 2 amide bonds. The van der Waals surface area contributed by atoms with Crippen molar-refractivity contribution in [1.29, 1.82) is 0 Å². The van der Waals surface area contributed by atoms with Crippen LogP contribution in [0.2, 0.25) is 0 Å². The predicted molar refractivity (Wildman–Crippen MR) is 104 cm³/mol. The van der Waals surface area contributed by atoms with Crippen molar-refractivity contribution in [1.82, 2.24) is 20.0 Å². The molecule has 1 saturated heterocycles. The van der Waals surface area contributed by atoms with Crippen LogP contribution >= 0.6 is 0 Å². The monoisotopic (exact) mass is 369 g/mol. The van der Waals surface area contributed by atoms with Gasteiger partial charge < -0.3 is 10.6 Å². The molecule has 1 aromatic carbocycles. The van der Waals surface area contributed by atoms with E-state index in [1.807, 2.05) is 50.4 Å². The van der Waals surface area contributed by atoms with Crippen molar-refractivity contribution < 1.29 is 9.59 Å². The maximum Gasteiger partial charge on any atom is 0.239 e. The summed E-state index contributed by atoms with van der Waals surface area (Å²) in [5.74, 6) is 0.777. The molecule has 1 aliphatic heterocycles. The van der Waals surface area contributed by atoms with E-state index in [1.54, 1.807) is 4.68 Å². The van der Waals surface area contributed by atoms with Crippen molar-refractivity contribution in [2.24, 2.45) is 13.0 Å². The number of nitrogens with zero attached hydrogens (tertiary/aromatic N) is 3. The van der Waals surface area contributed by atoms with E-state index in [2.05, 4.69) is 20.6 Å². The predicted octanol–water partition coefficient (Wildman–Crippen LogP) is 1.70. The van der Waals surface area contributed by atoms with E-state index in [0.717, 1.165) is 37.2 Å². The highest BCUT2D eigenvalue weighted by Crippen LogP contribution is 2.18. The summed E-state index contributed by atoms with van der Waals surface area (Å²) in [4.78, 5) is 26.7. The normalized spacial score (nSPS) is 15.5. The average molecular weight is 369 g/mol. The number of likely N-dealkylation sites (tertiary alicyclic amines) is 1. The second-order valence-corrected chi connectivity index (χ2v) is 7.10. The van der Waals surface area contributed by atoms with Gasteiger partial charge in [0.25, 0.3) is 0 Å². The fourth-order valence-electron chi connectivity index (χ4n) is 3.40. The Morgan fingerprint density at radius 3 is 2.52 bits per heavy atom. The summed E-state index contributed by atoms with van der Waals surface area (Å²) in [6.07, 6.45) is 1.55. The second kappa shape index (κ2) is 8.81. The molecule has 0 bridgehead atoms. The summed E-state index contributed by atoms with van der Waals surface area (Å²) in [5, 5.41) is 10.1. The molecule has 0 aliphatic carbocycles. The lowest BCUT2D eigenvalue weighted by atomic mass is 9.96. The van der Waals surface area contributed by atoms with Crippen molar-refractivity contribution in [3.05, 3.63) is 47.7 Å². The van der Waals surface area contributed by atoms with Gasteiger partial charge in [0.1, 0.15) is 5.82 Å². The van der Waals surface area contributed by atoms with Crippen LogP contribution in [0.5, 0.6) is 0 Å². The van der Waals surface area contributed by atoms with Crippen LogP contribution in [0.1, 0.15) is 24.1 Å². The number of hydrogen-bond acceptors (Lipinski definition) is 4. The molecule has 0 unspecified atom stereocenters. The Balaban J connectivity index is 1.40. The summed E-state index contributed by atoms with van der Waals surface area (Å²) < 4.78 is 1.66. The van der Waals surface area contributed by atoms with Gasteiger partial charge >= 0.3 is 0 Å². The number of anilines is 1. The van der Waals surface area contributed by atoms with Gasteiger partial charge in [-0.05, 0) is 38.4 Å². The number of piperidine rings is 1. The molecule has 7 heteroatoms. The van der Waals surface area contributed by atoms with Gasteiger partial charge in [0.05, 0.1) is 12.2 Å². The van der Waals surface area contributed by atoms with Gasteiger partial charge in [-0.3, -0.25) is 19.2 Å². The van der Waals surface area contributed by atoms with Crippen LogP contribution in [-0.2, 0) is 23.2 Å². The number of carbonyl (C=O) groups excluding carboxylic acids is 2. The average Bonchev–Trinajstić information content (AvgIpc) is 2.98. The maximum atomic E-state index is 12.4. The first-order valence-electron chi connectivity index (χ1n) is 9.36. The third kappa shape index (κ3) is 5.40. The standard InChI is InChI=1S/C20H27N5O2/c1-15-12-18(24(2)23-15)22-19(26)14-25-10-8-17(9-11-25)20(27)21-13-16-6-4-3-5-7-16/h3-7,12,17H,8-11,13-14H2,1-2H3,(H,21,27)(H,22,26). The summed E-state index contributed by atoms with van der Waals surface area (Å²) >= 11 is 0. The molecule has 0 spiro atoms. The van der Waals surface area contributed by atoms with Gasteiger partial charge in [-0.25, -0.2) is 0 Å². The van der Waals surface area contributed by atoms with Crippen LogP contribution in [0.25, 0.3) is 0 Å². The third-order valence-corrected chi connectivity index (χ3v) is 4.90. The zero-order chi connectivity index (χ0) is 19.2. The van der Waals surface area contributed by atoms with Gasteiger partial charge in [-0.1, -0.05) is 30.3 Å². The number of aryl methyl sites for hydroxylation is 2. The third-order valence-electron chi connectivity index (χ3n) is 4.90. The summed E-state index contributed by atoms with van der Waals surface area (Å²) in [6.45, 7) is 4.29. The van der Waals surface area contributed by atoms with Crippen LogP contribution in [0.15, 0.2) is 36.4 Å². The maximum absolute atomic E-state index is 12.4. The molecule has 2 aromatic rings. The van der Waals surface area contributed by atoms with Gasteiger partial charge in [0.15, 0.2) is 0 Å². The first-order valence-corrected chi connectivity index (χ1v) is 9.36. The molecule has 0 atom stereocenters. The molecule has 27 heavy (non-hydrogen) atoms. The lowest BCUT2D eigenvalue weighted by Crippen LogP contribution is -2.43. The number of hydrogen-bond donors (Lipinski definition) is 2. The SMILES string of the molecule is Cc1cc(NC(=O)CN2CCC(C(=O)NCc3ccccc3)CC2)n(C)n1. The molecular formula is C20H27N5O2. The minimum absolute atomic E-state index is 0.0211. The molecule has 0 saturated carbocycles. The molecule has 0 radical (unpaired) electrons. The van der Waals surface area contributed by atoms with Crippen molar-refractivity contribution in [2.45, 2.75) is 26.3 Å². The Morgan fingerprint density at radius 2 is 1.89 bits per heavy atom. The second-order valence-electron chi connectivity index (χ2n) is 7.10. The fraction of sp³-hybridized carbons (Fsp3) is 0.450. The molecule has 1 aromatic heterocycles. The van der Waals surface area contributed by atoms with E-state index in [0.29, 0.717) is 18.9 Å². The van der Waals surface area contributed by atoms with E-state index in [4.69, 9.17) is 0 Å². The van der Waals surface area contributed by atoms with Crippen molar-refractivity contribution >= 4 is 17.6 Å². The molecule has 2 heterocycles. The van der Waals surface area contributed by atoms with E-state index in [1.165, 1.54) is 0 Å². The highest BCUT2D eigenvalue weighted by molar-refractivity contribution is 5.91. The minimum Gasteiger partial charge on any atom is -0.352 e. The molecule has 2 N–H and O–H groups in total. The summed E-state index contributed by atoms with van der Waals surface area (Å²) in [5.41, 5.74) is 1.97. The summed E-state index contributed by atoms with van der Waals surface area (Å²) in [6, 6.07) is 11.8. The molecule has 144 valence electrons. The molecule has 3 rings (SSSR count). The van der Waals surface area contributed by atoms with Crippen molar-refractivity contribution in [3.63, 3.8) is 0 Å². The number of nitrogens with one attached hydrogen (secondary N) is 2. The molecule has 1 aliphatic rings. The Hall–Kier alpha value is -2.67. The summed E-state index contributed by atoms with van der Waals surface area (Å²) in [7, 11) is 1.81. The van der Waals surface area contributed by atoms with E-state index < -0.39 is 0 Å². The minimum atomic E-state index is -0.0509. The van der Waals surface area contributed by atoms with Crippen LogP contribution in [0.4, 0.5) is 5.82 Å². The Morgan fingerprint density at radius 1 is 1.19 bits per heavy atom. The molecule has 1 fully saturated rings. The van der Waals surface area contributed by atoms with Crippen LogP contribution in [-0.4, -0.2) is 46.1 Å². The zero-order valence-electron chi connectivity index (χ0n) is 15.9. The van der Waals surface area contributed by atoms with Crippen LogP contribution in [0, 0.1) is 12.8 Å². The van der Waals surface area contributed by atoms with Crippen LogP contribution < -0.4 is 10.6 Å². The highest BCUT2D eigenvalue weighted by Gasteiger charge is 2.25. The number of rotatable bonds is 6. The Bertz CT molecular complexity index is 779. The topological polar surface area (TPSA) is 79.3 Å². The lowest BCUT2D eigenvalue weighted by Gasteiger charge is -2.30. The highest BCUT2D eigenvalue weighted by atomic mass is 16.2. The van der Waals surface area contributed by atoms with E-state index >= 15 is 0 Å². The number of carbonyl (C=O) groups is 2. The van der Waals surface area contributed by atoms with Crippen LogP contribution in [0.3, 0.4) is 0 Å². The molecule has 7 nitrogen and oxygen atoms in total. The smallest absolute Gasteiger partial charge is 0.239 e. The largest absolute Gasteiger partial charge is 0.352 e. The first kappa shape index (κ1) is 19.1. The fourth-order valence-corrected chi connectivity index (χ4v) is 3.40. The van der Waals surface area contributed by atoms with Crippen molar-refractivity contribution in [2.75, 3.05) is 25.0 Å². The van der Waals surface area contributed by atoms with Gasteiger partial charge in [-0.2, -0.15) is 5.10 Å². The van der Waals surface area contributed by atoms with E-state index in [9.17, 15) is 9.59 Å². The van der Waals surface area contributed by atoms with Gasteiger partial charge in [0.2, 0.25) is 11.8 Å². The number of benzene rings is 1. The zero-order valence-corrected chi connectivity index (χ0v) is 15.9. The Kier molecular flexibility index (Phi) is 6.24. The number of amides is 2. The van der Waals surface area contributed by atoms with Gasteiger partial charge in [-0.15, -0.1) is 0 Å². The number of aromatic nitrogens is 2. The van der Waals surface area contributed by atoms with Crippen molar-refractivity contribution in [3.8, 4) is 0 Å². The van der Waals surface area contributed by atoms with E-state index in [-0.39, 0.29) is 17.7 Å². The lowest BCUT2D eigenvalue weighted by molar-refractivity contribution is -0.126.